The predicted octanol–water partition coefficient (Wildman–Crippen LogP) is 1.33. The van der Waals surface area contributed by atoms with E-state index in [0.29, 0.717) is 6.04 Å². The molecule has 3 aliphatic heterocycles. The third-order valence-electron chi connectivity index (χ3n) is 5.40. The molecule has 6 heteroatoms. The Hall–Kier alpha value is -1.24. The zero-order chi connectivity index (χ0) is 15.5. The van der Waals surface area contributed by atoms with Crippen molar-refractivity contribution in [3.8, 4) is 0 Å². The summed E-state index contributed by atoms with van der Waals surface area (Å²) in [7, 11) is 0. The molecule has 3 saturated heterocycles. The second-order valence-electron chi connectivity index (χ2n) is 6.93. The first kappa shape index (κ1) is 15.3. The molecule has 0 aliphatic carbocycles. The van der Waals surface area contributed by atoms with E-state index in [0.717, 1.165) is 77.5 Å². The number of hydrogen-bond acceptors (Lipinski definition) is 6. The van der Waals surface area contributed by atoms with Crippen LogP contribution in [0.3, 0.4) is 0 Å². The molecular weight excluding hydrogens is 292 g/mol. The van der Waals surface area contributed by atoms with Crippen LogP contribution in [0.4, 0.5) is 5.82 Å². The van der Waals surface area contributed by atoms with E-state index in [4.69, 9.17) is 9.47 Å². The SMILES string of the molecule is c1cnc(N2CCCC3(C2)CN(C2CCOCC2)CCO3)cn1. The zero-order valence-corrected chi connectivity index (χ0v) is 13.7. The highest BCUT2D eigenvalue weighted by Gasteiger charge is 2.42. The summed E-state index contributed by atoms with van der Waals surface area (Å²) < 4.78 is 11.8. The summed E-state index contributed by atoms with van der Waals surface area (Å²) in [6, 6.07) is 0.663. The van der Waals surface area contributed by atoms with Crippen molar-refractivity contribution in [1.82, 2.24) is 14.9 Å². The van der Waals surface area contributed by atoms with Crippen molar-refractivity contribution in [2.45, 2.75) is 37.3 Å². The number of aromatic nitrogens is 2. The first-order valence-corrected chi connectivity index (χ1v) is 8.81. The van der Waals surface area contributed by atoms with Gasteiger partial charge in [-0.3, -0.25) is 9.88 Å². The van der Waals surface area contributed by atoms with E-state index in [-0.39, 0.29) is 5.60 Å². The Morgan fingerprint density at radius 1 is 1.09 bits per heavy atom. The Bertz CT molecular complexity index is 505. The molecule has 3 aliphatic rings. The van der Waals surface area contributed by atoms with Crippen LogP contribution in [0.15, 0.2) is 18.6 Å². The van der Waals surface area contributed by atoms with Crippen molar-refractivity contribution in [1.29, 1.82) is 0 Å². The largest absolute Gasteiger partial charge is 0.381 e. The van der Waals surface area contributed by atoms with Crippen molar-refractivity contribution in [2.75, 3.05) is 50.9 Å². The van der Waals surface area contributed by atoms with Crippen molar-refractivity contribution in [2.24, 2.45) is 0 Å². The van der Waals surface area contributed by atoms with E-state index in [2.05, 4.69) is 19.8 Å². The molecule has 0 radical (unpaired) electrons. The van der Waals surface area contributed by atoms with Crippen LogP contribution in [0.5, 0.6) is 0 Å². The van der Waals surface area contributed by atoms with E-state index >= 15 is 0 Å². The molecule has 0 amide bonds. The minimum Gasteiger partial charge on any atom is -0.381 e. The number of ether oxygens (including phenoxy) is 2. The van der Waals surface area contributed by atoms with Gasteiger partial charge in [-0.1, -0.05) is 0 Å². The molecule has 6 nitrogen and oxygen atoms in total. The summed E-state index contributed by atoms with van der Waals surface area (Å²) in [5.41, 5.74) is -0.0493. The summed E-state index contributed by atoms with van der Waals surface area (Å²) in [6.45, 7) is 6.70. The number of morpholine rings is 1. The summed E-state index contributed by atoms with van der Waals surface area (Å²) in [5, 5.41) is 0. The highest BCUT2D eigenvalue weighted by molar-refractivity contribution is 5.36. The normalized spacial score (nSPS) is 30.7. The Morgan fingerprint density at radius 2 is 2.00 bits per heavy atom. The van der Waals surface area contributed by atoms with Crippen LogP contribution < -0.4 is 4.90 Å². The minimum atomic E-state index is -0.0493. The van der Waals surface area contributed by atoms with Crippen molar-refractivity contribution < 1.29 is 9.47 Å². The third kappa shape index (κ3) is 3.34. The number of piperidine rings is 1. The predicted molar refractivity (Wildman–Crippen MR) is 87.6 cm³/mol. The summed E-state index contributed by atoms with van der Waals surface area (Å²) >= 11 is 0. The number of nitrogens with zero attached hydrogens (tertiary/aromatic N) is 4. The number of rotatable bonds is 2. The lowest BCUT2D eigenvalue weighted by Gasteiger charge is -2.50. The lowest BCUT2D eigenvalue weighted by atomic mass is 9.89. The molecule has 1 spiro atoms. The quantitative estimate of drug-likeness (QED) is 0.820. The van der Waals surface area contributed by atoms with Crippen molar-refractivity contribution in [3.63, 3.8) is 0 Å². The van der Waals surface area contributed by atoms with Crippen LogP contribution in [0.2, 0.25) is 0 Å². The van der Waals surface area contributed by atoms with Gasteiger partial charge in [0, 0.05) is 57.8 Å². The van der Waals surface area contributed by atoms with Gasteiger partial charge in [0.2, 0.25) is 0 Å². The monoisotopic (exact) mass is 318 g/mol. The molecule has 1 unspecified atom stereocenters. The first-order valence-electron chi connectivity index (χ1n) is 8.81. The van der Waals surface area contributed by atoms with E-state index in [1.54, 1.807) is 12.4 Å². The fraction of sp³-hybridized carbons (Fsp3) is 0.765. The van der Waals surface area contributed by atoms with Crippen LogP contribution in [0.1, 0.15) is 25.7 Å². The maximum Gasteiger partial charge on any atom is 0.147 e. The molecule has 0 N–H and O–H groups in total. The molecule has 1 atom stereocenters. The van der Waals surface area contributed by atoms with Gasteiger partial charge >= 0.3 is 0 Å². The van der Waals surface area contributed by atoms with Gasteiger partial charge in [0.1, 0.15) is 5.82 Å². The molecule has 4 heterocycles. The van der Waals surface area contributed by atoms with Crippen molar-refractivity contribution in [3.05, 3.63) is 18.6 Å². The van der Waals surface area contributed by atoms with Gasteiger partial charge in [-0.05, 0) is 25.7 Å². The Labute approximate surface area is 137 Å². The second kappa shape index (κ2) is 6.71. The maximum absolute atomic E-state index is 6.32. The minimum absolute atomic E-state index is 0.0493. The topological polar surface area (TPSA) is 50.7 Å². The van der Waals surface area contributed by atoms with E-state index in [1.807, 2.05) is 6.20 Å². The molecule has 126 valence electrons. The molecule has 23 heavy (non-hydrogen) atoms. The van der Waals surface area contributed by atoms with Gasteiger partial charge < -0.3 is 14.4 Å². The average molecular weight is 318 g/mol. The molecule has 0 bridgehead atoms. The highest BCUT2D eigenvalue weighted by Crippen LogP contribution is 2.32. The van der Waals surface area contributed by atoms with Crippen LogP contribution in [-0.4, -0.2) is 72.5 Å². The van der Waals surface area contributed by atoms with Gasteiger partial charge in [-0.2, -0.15) is 0 Å². The zero-order valence-electron chi connectivity index (χ0n) is 13.7. The highest BCUT2D eigenvalue weighted by atomic mass is 16.5. The molecule has 4 rings (SSSR count). The van der Waals surface area contributed by atoms with Crippen LogP contribution in [0, 0.1) is 0 Å². The lowest BCUT2D eigenvalue weighted by Crippen LogP contribution is -2.62. The molecule has 3 fully saturated rings. The molecular formula is C17H26N4O2. The fourth-order valence-corrected chi connectivity index (χ4v) is 4.23. The van der Waals surface area contributed by atoms with Crippen molar-refractivity contribution >= 4 is 5.82 Å². The fourth-order valence-electron chi connectivity index (χ4n) is 4.23. The summed E-state index contributed by atoms with van der Waals surface area (Å²) in [5.74, 6) is 0.971. The van der Waals surface area contributed by atoms with Gasteiger partial charge in [0.15, 0.2) is 0 Å². The summed E-state index contributed by atoms with van der Waals surface area (Å²) in [4.78, 5) is 13.7. The first-order chi connectivity index (χ1) is 11.3. The van der Waals surface area contributed by atoms with Gasteiger partial charge in [-0.25, -0.2) is 4.98 Å². The molecule has 0 saturated carbocycles. The third-order valence-corrected chi connectivity index (χ3v) is 5.40. The van der Waals surface area contributed by atoms with Crippen LogP contribution in [-0.2, 0) is 9.47 Å². The number of anilines is 1. The molecule has 1 aromatic rings. The maximum atomic E-state index is 6.32. The van der Waals surface area contributed by atoms with E-state index < -0.39 is 0 Å². The van der Waals surface area contributed by atoms with Gasteiger partial charge in [0.05, 0.1) is 18.4 Å². The smallest absolute Gasteiger partial charge is 0.147 e. The Balaban J connectivity index is 1.46. The van der Waals surface area contributed by atoms with E-state index in [1.165, 1.54) is 0 Å². The average Bonchev–Trinajstić information content (AvgIpc) is 2.63. The summed E-state index contributed by atoms with van der Waals surface area (Å²) in [6.07, 6.45) is 9.97. The Morgan fingerprint density at radius 3 is 2.83 bits per heavy atom. The van der Waals surface area contributed by atoms with Gasteiger partial charge in [0.25, 0.3) is 0 Å². The lowest BCUT2D eigenvalue weighted by molar-refractivity contribution is -0.131. The van der Waals surface area contributed by atoms with Gasteiger partial charge in [-0.15, -0.1) is 0 Å². The molecule has 0 aromatic carbocycles. The Kier molecular flexibility index (Phi) is 4.46. The second-order valence-corrected chi connectivity index (χ2v) is 6.93. The van der Waals surface area contributed by atoms with Crippen LogP contribution >= 0.6 is 0 Å². The van der Waals surface area contributed by atoms with E-state index in [9.17, 15) is 0 Å². The number of hydrogen-bond donors (Lipinski definition) is 0. The van der Waals surface area contributed by atoms with Crippen LogP contribution in [0.25, 0.3) is 0 Å². The standard InChI is InChI=1S/C17H26N4O2/c1-4-17(14-21(7-1)16-12-18-5-6-19-16)13-20(8-11-23-17)15-2-9-22-10-3-15/h5-6,12,15H,1-4,7-11,13-14H2. The molecule has 1 aromatic heterocycles.